The van der Waals surface area contributed by atoms with Crippen LogP contribution in [0.5, 0.6) is 5.75 Å². The monoisotopic (exact) mass is 587 g/mol. The molecule has 1 saturated carbocycles. The van der Waals surface area contributed by atoms with Gasteiger partial charge in [0.2, 0.25) is 11.7 Å². The summed E-state index contributed by atoms with van der Waals surface area (Å²) < 4.78 is 0. The minimum Gasteiger partial charge on any atom is -0.508 e. The Morgan fingerprint density at radius 1 is 1.14 bits per heavy atom. The van der Waals surface area contributed by atoms with Gasteiger partial charge >= 0.3 is 0 Å². The number of rotatable bonds is 8. The number of anilines is 1. The molecule has 1 aromatic rings. The van der Waals surface area contributed by atoms with Crippen LogP contribution in [0.15, 0.2) is 29.0 Å². The van der Waals surface area contributed by atoms with Gasteiger partial charge in [-0.25, -0.2) is 0 Å². The number of primary amides is 1. The molecule has 1 fully saturated rings. The normalized spacial score (nSPS) is 29.7. The molecule has 0 saturated heterocycles. The highest BCUT2D eigenvalue weighted by atomic mass is 16.4. The molecule has 12 N–H and O–H groups in total. The van der Waals surface area contributed by atoms with Gasteiger partial charge in [0.15, 0.2) is 11.4 Å². The number of hydrogen-bond acceptors (Lipinski definition) is 12. The standard InChI is InChI=1S/C28H37N5O9/c1-10-11-7-8-13(32-27(41)12(30)6-4-5-9-29)20(34)15(11)21(35)16-14(10)22(36)18-19(33(2)3)23(37)17(26(31)40)25(39)28(18,42)24(16)38/h7-8,10,12,14,18-19,22,34-36,39,42H,4-6,9,29-30H2,1-3H3,(H2,31,40)(H,32,41)/t10-,12-,14?,18+,19-,22-,28-/m0/s1. The number of likely N-dealkylation sites (N-methyl/N-ethyl adjacent to an activating group) is 1. The van der Waals surface area contributed by atoms with Gasteiger partial charge in [-0.05, 0) is 51.0 Å². The zero-order valence-electron chi connectivity index (χ0n) is 23.5. The lowest BCUT2D eigenvalue weighted by Gasteiger charge is -2.53. The quantitative estimate of drug-likeness (QED) is 0.0996. The first-order valence-electron chi connectivity index (χ1n) is 13.6. The van der Waals surface area contributed by atoms with Gasteiger partial charge in [0.25, 0.3) is 5.91 Å². The third-order valence-electron chi connectivity index (χ3n) is 8.69. The molecule has 0 radical (unpaired) electrons. The van der Waals surface area contributed by atoms with Gasteiger partial charge in [0, 0.05) is 11.5 Å². The topological polar surface area (TPSA) is 263 Å². The molecule has 42 heavy (non-hydrogen) atoms. The third-order valence-corrected chi connectivity index (χ3v) is 8.69. The highest BCUT2D eigenvalue weighted by molar-refractivity contribution is 6.24. The summed E-state index contributed by atoms with van der Waals surface area (Å²) in [4.78, 5) is 53.4. The lowest BCUT2D eigenvalue weighted by atomic mass is 9.54. The number of unbranched alkanes of at least 4 members (excludes halogenated alkanes) is 1. The number of Topliss-reactive ketones (excluding diaryl/α,β-unsaturated/α-hetero) is 2. The molecule has 4 rings (SSSR count). The molecule has 14 heteroatoms. The van der Waals surface area contributed by atoms with E-state index < -0.39 is 93.3 Å². The van der Waals surface area contributed by atoms with Crippen LogP contribution in [-0.4, -0.2) is 98.2 Å². The molecule has 7 atom stereocenters. The number of nitrogens with one attached hydrogen (secondary N) is 1. The van der Waals surface area contributed by atoms with Gasteiger partial charge in [-0.2, -0.15) is 0 Å². The summed E-state index contributed by atoms with van der Waals surface area (Å²) in [7, 11) is 2.86. The van der Waals surface area contributed by atoms with Crippen molar-refractivity contribution in [3.8, 4) is 5.75 Å². The number of aliphatic hydroxyl groups is 4. The lowest BCUT2D eigenvalue weighted by Crippen LogP contribution is -2.70. The Morgan fingerprint density at radius 3 is 2.36 bits per heavy atom. The fraction of sp³-hybridized carbons (Fsp3) is 0.500. The number of ketones is 2. The highest BCUT2D eigenvalue weighted by Gasteiger charge is 2.68. The maximum Gasteiger partial charge on any atom is 0.255 e. The number of phenolic OH excluding ortho intramolecular Hbond substituents is 1. The Kier molecular flexibility index (Phi) is 8.23. The van der Waals surface area contributed by atoms with Crippen LogP contribution < -0.4 is 22.5 Å². The van der Waals surface area contributed by atoms with E-state index in [0.717, 1.165) is 0 Å². The van der Waals surface area contributed by atoms with E-state index in [9.17, 15) is 44.7 Å². The number of carbonyl (C=O) groups is 4. The van der Waals surface area contributed by atoms with Crippen molar-refractivity contribution >= 4 is 34.8 Å². The summed E-state index contributed by atoms with van der Waals surface area (Å²) in [6.45, 7) is 2.06. The average Bonchev–Trinajstić information content (AvgIpc) is 2.91. The Morgan fingerprint density at radius 2 is 1.79 bits per heavy atom. The summed E-state index contributed by atoms with van der Waals surface area (Å²) in [5, 5.41) is 59.4. The number of phenols is 1. The number of aromatic hydroxyl groups is 1. The number of nitrogens with two attached hydrogens (primary N) is 3. The van der Waals surface area contributed by atoms with E-state index in [4.69, 9.17) is 17.2 Å². The number of aliphatic hydroxyl groups excluding tert-OH is 3. The summed E-state index contributed by atoms with van der Waals surface area (Å²) in [6, 6.07) is 0.542. The van der Waals surface area contributed by atoms with Crippen molar-refractivity contribution in [3.63, 3.8) is 0 Å². The fourth-order valence-electron chi connectivity index (χ4n) is 6.58. The van der Waals surface area contributed by atoms with Gasteiger partial charge in [0.05, 0.1) is 35.4 Å². The van der Waals surface area contributed by atoms with Gasteiger partial charge in [0.1, 0.15) is 22.8 Å². The summed E-state index contributed by atoms with van der Waals surface area (Å²) >= 11 is 0. The van der Waals surface area contributed by atoms with Crippen molar-refractivity contribution < 1.29 is 44.7 Å². The summed E-state index contributed by atoms with van der Waals surface area (Å²) in [5.41, 5.74) is 12.2. The van der Waals surface area contributed by atoms with E-state index in [0.29, 0.717) is 31.4 Å². The predicted molar refractivity (Wildman–Crippen MR) is 150 cm³/mol. The smallest absolute Gasteiger partial charge is 0.255 e. The van der Waals surface area contributed by atoms with E-state index in [1.54, 1.807) is 6.92 Å². The SMILES string of the molecule is C[C@H]1c2ccc(NC(=O)[C@@H](N)CCCCN)c(O)c2C(O)=C2C(=O)[C@]3(O)C(O)=C(C(N)=O)C(=O)[C@@H](N(C)C)[C@@H]3[C@@H](O)C21. The number of benzene rings is 1. The van der Waals surface area contributed by atoms with Crippen LogP contribution >= 0.6 is 0 Å². The molecule has 228 valence electrons. The lowest BCUT2D eigenvalue weighted by molar-refractivity contribution is -0.169. The van der Waals surface area contributed by atoms with Gasteiger partial charge < -0.3 is 48.1 Å². The largest absolute Gasteiger partial charge is 0.508 e. The number of carbonyl (C=O) groups excluding carboxylic acids is 4. The Labute approximate surface area is 241 Å². The molecule has 14 nitrogen and oxygen atoms in total. The van der Waals surface area contributed by atoms with E-state index in [2.05, 4.69) is 5.32 Å². The first-order chi connectivity index (χ1) is 19.6. The van der Waals surface area contributed by atoms with Crippen LogP contribution in [0.1, 0.15) is 43.2 Å². The number of amides is 2. The summed E-state index contributed by atoms with van der Waals surface area (Å²) in [5.74, 6) is -10.6. The maximum atomic E-state index is 14.0. The second-order valence-corrected chi connectivity index (χ2v) is 11.4. The maximum absolute atomic E-state index is 14.0. The first-order valence-corrected chi connectivity index (χ1v) is 13.6. The number of nitrogens with zero attached hydrogens (tertiary/aromatic N) is 1. The zero-order valence-corrected chi connectivity index (χ0v) is 23.5. The molecular formula is C28H37N5O9. The molecular weight excluding hydrogens is 550 g/mol. The minimum absolute atomic E-state index is 0.110. The number of hydrogen-bond donors (Lipinski definition) is 9. The second-order valence-electron chi connectivity index (χ2n) is 11.4. The zero-order chi connectivity index (χ0) is 31.4. The molecule has 2 amide bonds. The van der Waals surface area contributed by atoms with Crippen molar-refractivity contribution in [2.24, 2.45) is 29.0 Å². The van der Waals surface area contributed by atoms with Crippen molar-refractivity contribution in [2.75, 3.05) is 26.0 Å². The Balaban J connectivity index is 1.86. The molecule has 0 bridgehead atoms. The van der Waals surface area contributed by atoms with E-state index >= 15 is 0 Å². The number of fused-ring (bicyclic) bond motifs is 3. The minimum atomic E-state index is -3.01. The predicted octanol–water partition coefficient (Wildman–Crippen LogP) is -1.11. The van der Waals surface area contributed by atoms with Crippen LogP contribution in [0, 0.1) is 11.8 Å². The fourth-order valence-corrected chi connectivity index (χ4v) is 6.58. The van der Waals surface area contributed by atoms with Crippen LogP contribution in [0.2, 0.25) is 0 Å². The highest BCUT2D eigenvalue weighted by Crippen LogP contribution is 2.56. The summed E-state index contributed by atoms with van der Waals surface area (Å²) in [6.07, 6.45) is -0.0712. The molecule has 0 spiro atoms. The van der Waals surface area contributed by atoms with Crippen LogP contribution in [0.25, 0.3) is 5.76 Å². The molecule has 3 aliphatic carbocycles. The van der Waals surface area contributed by atoms with Crippen LogP contribution in [0.4, 0.5) is 5.69 Å². The Hall–Kier alpha value is -3.82. The van der Waals surface area contributed by atoms with Gasteiger partial charge in [-0.3, -0.25) is 24.1 Å². The van der Waals surface area contributed by atoms with Gasteiger partial charge in [-0.1, -0.05) is 19.4 Å². The molecule has 0 aliphatic heterocycles. The van der Waals surface area contributed by atoms with Crippen LogP contribution in [-0.2, 0) is 19.2 Å². The molecule has 0 heterocycles. The molecule has 1 aromatic carbocycles. The average molecular weight is 588 g/mol. The second kappa shape index (κ2) is 11.1. The van der Waals surface area contributed by atoms with Crippen molar-refractivity contribution in [1.82, 2.24) is 4.90 Å². The molecule has 3 aliphatic rings. The third kappa shape index (κ3) is 4.46. The Bertz CT molecular complexity index is 1420. The molecule has 1 unspecified atom stereocenters. The van der Waals surface area contributed by atoms with Gasteiger partial charge in [-0.15, -0.1) is 0 Å². The van der Waals surface area contributed by atoms with E-state index in [-0.39, 0.29) is 11.3 Å². The van der Waals surface area contributed by atoms with E-state index in [1.165, 1.54) is 31.1 Å². The van der Waals surface area contributed by atoms with Crippen molar-refractivity contribution in [1.29, 1.82) is 0 Å². The first kappa shape index (κ1) is 31.1. The van der Waals surface area contributed by atoms with Crippen molar-refractivity contribution in [3.05, 3.63) is 40.2 Å². The van der Waals surface area contributed by atoms with Crippen molar-refractivity contribution in [2.45, 2.75) is 55.9 Å². The van der Waals surface area contributed by atoms with Crippen LogP contribution in [0.3, 0.4) is 0 Å². The molecule has 0 aromatic heterocycles. The van der Waals surface area contributed by atoms with E-state index in [1.807, 2.05) is 0 Å².